The van der Waals surface area contributed by atoms with E-state index < -0.39 is 16.0 Å². The quantitative estimate of drug-likeness (QED) is 0.590. The van der Waals surface area contributed by atoms with Crippen LogP contribution in [0.1, 0.15) is 16.1 Å². The highest BCUT2D eigenvalue weighted by Gasteiger charge is 2.18. The molecule has 0 bridgehead atoms. The number of benzene rings is 2. The Hall–Kier alpha value is -2.33. The minimum Gasteiger partial charge on any atom is -0.369 e. The van der Waals surface area contributed by atoms with Gasteiger partial charge in [-0.1, -0.05) is 18.2 Å². The van der Waals surface area contributed by atoms with Crippen LogP contribution >= 0.6 is 11.3 Å². The Kier molecular flexibility index (Phi) is 5.33. The SMILES string of the molecule is NCc1cc(S(=O)(=O)OCc2nc3ccccc3s2)ccc1CC(N)=O. The smallest absolute Gasteiger partial charge is 0.297 e. The van der Waals surface area contributed by atoms with Crippen LogP contribution in [0.4, 0.5) is 0 Å². The number of amides is 1. The van der Waals surface area contributed by atoms with Crippen LogP contribution in [0.3, 0.4) is 0 Å². The first-order valence-corrected chi connectivity index (χ1v) is 9.95. The second-order valence-corrected chi connectivity index (χ2v) is 8.30. The number of fused-ring (bicyclic) bond motifs is 1. The molecule has 0 aliphatic carbocycles. The van der Waals surface area contributed by atoms with Gasteiger partial charge >= 0.3 is 0 Å². The number of thiazole rings is 1. The van der Waals surface area contributed by atoms with Gasteiger partial charge in [-0.15, -0.1) is 11.3 Å². The number of carbonyl (C=O) groups is 1. The van der Waals surface area contributed by atoms with Gasteiger partial charge in [-0.2, -0.15) is 8.42 Å². The van der Waals surface area contributed by atoms with Gasteiger partial charge in [0, 0.05) is 6.54 Å². The molecule has 0 saturated heterocycles. The van der Waals surface area contributed by atoms with E-state index in [1.54, 1.807) is 0 Å². The highest BCUT2D eigenvalue weighted by atomic mass is 32.2. The summed E-state index contributed by atoms with van der Waals surface area (Å²) in [5.74, 6) is -0.512. The lowest BCUT2D eigenvalue weighted by Gasteiger charge is -2.10. The van der Waals surface area contributed by atoms with Crippen molar-refractivity contribution in [1.29, 1.82) is 0 Å². The van der Waals surface area contributed by atoms with E-state index in [0.717, 1.165) is 10.2 Å². The van der Waals surface area contributed by atoms with Crippen LogP contribution in [0.5, 0.6) is 0 Å². The molecular weight excluding hydrogens is 374 g/mol. The fourth-order valence-electron chi connectivity index (χ4n) is 2.49. The zero-order chi connectivity index (χ0) is 18.7. The van der Waals surface area contributed by atoms with Crippen LogP contribution in [-0.4, -0.2) is 19.3 Å². The first-order chi connectivity index (χ1) is 12.4. The number of hydrogen-bond acceptors (Lipinski definition) is 7. The van der Waals surface area contributed by atoms with E-state index in [1.807, 2.05) is 24.3 Å². The van der Waals surface area contributed by atoms with Crippen molar-refractivity contribution in [1.82, 2.24) is 4.98 Å². The predicted octanol–water partition coefficient (Wildman–Crippen LogP) is 1.69. The van der Waals surface area contributed by atoms with Gasteiger partial charge in [0.1, 0.15) is 11.6 Å². The molecule has 4 N–H and O–H groups in total. The molecule has 1 amide bonds. The minimum atomic E-state index is -3.98. The van der Waals surface area contributed by atoms with E-state index in [2.05, 4.69) is 4.98 Å². The van der Waals surface area contributed by atoms with Gasteiger partial charge in [0.25, 0.3) is 10.1 Å². The second kappa shape index (κ2) is 7.50. The average Bonchev–Trinajstić information content (AvgIpc) is 3.03. The Balaban J connectivity index is 1.79. The van der Waals surface area contributed by atoms with Crippen LogP contribution < -0.4 is 11.5 Å². The first kappa shape index (κ1) is 18.5. The van der Waals surface area contributed by atoms with Gasteiger partial charge in [-0.25, -0.2) is 4.98 Å². The molecule has 9 heteroatoms. The zero-order valence-electron chi connectivity index (χ0n) is 13.7. The van der Waals surface area contributed by atoms with E-state index in [0.29, 0.717) is 16.1 Å². The molecule has 2 aromatic carbocycles. The number of nitrogens with zero attached hydrogens (tertiary/aromatic N) is 1. The van der Waals surface area contributed by atoms with Gasteiger partial charge in [-0.3, -0.25) is 8.98 Å². The number of hydrogen-bond donors (Lipinski definition) is 2. The lowest BCUT2D eigenvalue weighted by atomic mass is 10.0. The van der Waals surface area contributed by atoms with Crippen LogP contribution in [0, 0.1) is 0 Å². The van der Waals surface area contributed by atoms with Gasteiger partial charge < -0.3 is 11.5 Å². The molecule has 0 saturated carbocycles. The third-order valence-electron chi connectivity index (χ3n) is 3.73. The maximum Gasteiger partial charge on any atom is 0.297 e. The molecule has 136 valence electrons. The van der Waals surface area contributed by atoms with E-state index in [1.165, 1.54) is 29.5 Å². The summed E-state index contributed by atoms with van der Waals surface area (Å²) in [6.45, 7) is -0.0630. The Morgan fingerprint density at radius 1 is 1.15 bits per heavy atom. The maximum atomic E-state index is 12.4. The molecule has 1 aromatic heterocycles. The van der Waals surface area contributed by atoms with Crippen molar-refractivity contribution >= 4 is 37.6 Å². The normalized spacial score (nSPS) is 11.7. The molecular formula is C17H17N3O4S2. The van der Waals surface area contributed by atoms with Crippen LogP contribution in [0.2, 0.25) is 0 Å². The summed E-state index contributed by atoms with van der Waals surface area (Å²) in [6, 6.07) is 11.8. The molecule has 3 rings (SSSR count). The number of aromatic nitrogens is 1. The Morgan fingerprint density at radius 2 is 1.92 bits per heavy atom. The maximum absolute atomic E-state index is 12.4. The molecule has 0 unspecified atom stereocenters. The largest absolute Gasteiger partial charge is 0.369 e. The van der Waals surface area contributed by atoms with Crippen molar-refractivity contribution in [3.8, 4) is 0 Å². The average molecular weight is 391 g/mol. The molecule has 7 nitrogen and oxygen atoms in total. The highest BCUT2D eigenvalue weighted by molar-refractivity contribution is 7.86. The molecule has 0 spiro atoms. The van der Waals surface area contributed by atoms with Crippen molar-refractivity contribution in [3.05, 3.63) is 58.6 Å². The number of rotatable bonds is 7. The molecule has 0 aliphatic heterocycles. The lowest BCUT2D eigenvalue weighted by Crippen LogP contribution is -2.16. The third-order valence-corrected chi connectivity index (χ3v) is 6.00. The van der Waals surface area contributed by atoms with Crippen molar-refractivity contribution < 1.29 is 17.4 Å². The van der Waals surface area contributed by atoms with Gasteiger partial charge in [-0.05, 0) is 35.4 Å². The van der Waals surface area contributed by atoms with Crippen molar-refractivity contribution in [2.45, 2.75) is 24.5 Å². The topological polar surface area (TPSA) is 125 Å². The van der Waals surface area contributed by atoms with Gasteiger partial charge in [0.15, 0.2) is 0 Å². The van der Waals surface area contributed by atoms with E-state index in [4.69, 9.17) is 15.7 Å². The number of primary amides is 1. The first-order valence-electron chi connectivity index (χ1n) is 7.73. The fraction of sp³-hybridized carbons (Fsp3) is 0.176. The van der Waals surface area contributed by atoms with E-state index in [-0.39, 0.29) is 24.5 Å². The fourth-order valence-corrected chi connectivity index (χ4v) is 4.36. The summed E-state index contributed by atoms with van der Waals surface area (Å²) < 4.78 is 31.0. The summed E-state index contributed by atoms with van der Waals surface area (Å²) in [5.41, 5.74) is 12.8. The molecule has 0 atom stereocenters. The van der Waals surface area contributed by atoms with Crippen molar-refractivity contribution in [3.63, 3.8) is 0 Å². The lowest BCUT2D eigenvalue weighted by molar-refractivity contribution is -0.117. The van der Waals surface area contributed by atoms with Crippen LogP contribution in [0.15, 0.2) is 47.4 Å². The number of carbonyl (C=O) groups excluding carboxylic acids is 1. The monoisotopic (exact) mass is 391 g/mol. The molecule has 0 fully saturated rings. The van der Waals surface area contributed by atoms with E-state index in [9.17, 15) is 13.2 Å². The Morgan fingerprint density at radius 3 is 2.62 bits per heavy atom. The van der Waals surface area contributed by atoms with Crippen LogP contribution in [0.25, 0.3) is 10.2 Å². The third kappa shape index (κ3) is 4.07. The van der Waals surface area contributed by atoms with Crippen molar-refractivity contribution in [2.24, 2.45) is 11.5 Å². The summed E-state index contributed by atoms with van der Waals surface area (Å²) in [7, 11) is -3.98. The number of para-hydroxylation sites is 1. The minimum absolute atomic E-state index is 0.000573. The standard InChI is InChI=1S/C17H17N3O4S2/c18-9-12-7-13(6-5-11(12)8-16(19)21)26(22,23)24-10-17-20-14-3-1-2-4-15(14)25-17/h1-7H,8-10,18H2,(H2,19,21). The Bertz CT molecular complexity index is 1030. The summed E-state index contributed by atoms with van der Waals surface area (Å²) in [5, 5.41) is 0.569. The molecule has 26 heavy (non-hydrogen) atoms. The molecule has 1 heterocycles. The van der Waals surface area contributed by atoms with Gasteiger partial charge in [0.2, 0.25) is 5.91 Å². The molecule has 0 aliphatic rings. The number of nitrogens with two attached hydrogens (primary N) is 2. The van der Waals surface area contributed by atoms with E-state index >= 15 is 0 Å². The summed E-state index contributed by atoms with van der Waals surface area (Å²) in [6.07, 6.45) is -0.000573. The second-order valence-electron chi connectivity index (χ2n) is 5.57. The van der Waals surface area contributed by atoms with Gasteiger partial charge in [0.05, 0.1) is 21.5 Å². The zero-order valence-corrected chi connectivity index (χ0v) is 15.3. The van der Waals surface area contributed by atoms with Crippen LogP contribution in [-0.2, 0) is 38.7 Å². The summed E-state index contributed by atoms with van der Waals surface area (Å²) >= 11 is 1.38. The van der Waals surface area contributed by atoms with Crippen molar-refractivity contribution in [2.75, 3.05) is 0 Å². The predicted molar refractivity (Wildman–Crippen MR) is 98.8 cm³/mol. The molecule has 0 radical (unpaired) electrons. The highest BCUT2D eigenvalue weighted by Crippen LogP contribution is 2.24. The Labute approximate surface area is 154 Å². The summed E-state index contributed by atoms with van der Waals surface area (Å²) in [4.78, 5) is 15.4. The molecule has 3 aromatic rings.